The Morgan fingerprint density at radius 2 is 1.58 bits per heavy atom. The monoisotopic (exact) mass is 272 g/mol. The smallest absolute Gasteiger partial charge is 0.221 e. The average Bonchev–Trinajstić information content (AvgIpc) is 2.08. The maximum Gasteiger partial charge on any atom is 0.221 e. The van der Waals surface area contributed by atoms with Crippen molar-refractivity contribution in [1.82, 2.24) is 5.32 Å². The van der Waals surface area contributed by atoms with Crippen LogP contribution < -0.4 is 11.1 Å². The van der Waals surface area contributed by atoms with Crippen LogP contribution in [0.1, 0.15) is 60.8 Å². The van der Waals surface area contributed by atoms with Crippen LogP contribution in [0.4, 0.5) is 0 Å². The second-order valence-electron chi connectivity index (χ2n) is 7.95. The minimum Gasteiger partial charge on any atom is -0.391 e. The van der Waals surface area contributed by atoms with Crippen molar-refractivity contribution in [1.29, 1.82) is 0 Å². The van der Waals surface area contributed by atoms with Gasteiger partial charge in [0.25, 0.3) is 0 Å². The van der Waals surface area contributed by atoms with Crippen molar-refractivity contribution in [3.05, 3.63) is 0 Å². The van der Waals surface area contributed by atoms with Gasteiger partial charge in [-0.15, -0.1) is 0 Å². The van der Waals surface area contributed by atoms with E-state index >= 15 is 0 Å². The largest absolute Gasteiger partial charge is 0.391 e. The summed E-state index contributed by atoms with van der Waals surface area (Å²) in [4.78, 5) is 11.7. The van der Waals surface area contributed by atoms with Gasteiger partial charge in [-0.05, 0) is 23.7 Å². The van der Waals surface area contributed by atoms with Gasteiger partial charge in [-0.25, -0.2) is 0 Å². The van der Waals surface area contributed by atoms with Gasteiger partial charge >= 0.3 is 0 Å². The summed E-state index contributed by atoms with van der Waals surface area (Å²) in [5.74, 6) is -0.0790. The van der Waals surface area contributed by atoms with Crippen molar-refractivity contribution in [3.8, 4) is 0 Å². The molecule has 4 nitrogen and oxygen atoms in total. The van der Waals surface area contributed by atoms with Crippen LogP contribution in [0.5, 0.6) is 0 Å². The lowest BCUT2D eigenvalue weighted by Gasteiger charge is -2.24. The molecule has 0 saturated heterocycles. The predicted octanol–water partition coefficient (Wildman–Crippen LogP) is 2.05. The van der Waals surface area contributed by atoms with E-state index in [-0.39, 0.29) is 22.8 Å². The van der Waals surface area contributed by atoms with Crippen LogP contribution in [-0.4, -0.2) is 29.7 Å². The molecule has 114 valence electrons. The van der Waals surface area contributed by atoms with Crippen molar-refractivity contribution < 1.29 is 9.90 Å². The summed E-state index contributed by atoms with van der Waals surface area (Å²) in [7, 11) is 0. The molecule has 0 heterocycles. The summed E-state index contributed by atoms with van der Waals surface area (Å²) in [5.41, 5.74) is 6.14. The number of carbonyl (C=O) groups is 1. The van der Waals surface area contributed by atoms with E-state index in [0.29, 0.717) is 19.4 Å². The van der Waals surface area contributed by atoms with Gasteiger partial charge in [0.2, 0.25) is 5.91 Å². The average molecular weight is 272 g/mol. The van der Waals surface area contributed by atoms with Gasteiger partial charge in [-0.3, -0.25) is 4.79 Å². The quantitative estimate of drug-likeness (QED) is 0.692. The maximum atomic E-state index is 11.7. The zero-order valence-corrected chi connectivity index (χ0v) is 13.4. The Morgan fingerprint density at radius 1 is 1.11 bits per heavy atom. The molecule has 0 aliphatic rings. The summed E-state index contributed by atoms with van der Waals surface area (Å²) >= 11 is 0. The Balaban J connectivity index is 3.93. The molecule has 1 amide bonds. The van der Waals surface area contributed by atoms with Crippen molar-refractivity contribution in [2.24, 2.45) is 16.6 Å². The van der Waals surface area contributed by atoms with Gasteiger partial charge in [0.05, 0.1) is 6.10 Å². The summed E-state index contributed by atoms with van der Waals surface area (Å²) in [5, 5.41) is 12.6. The van der Waals surface area contributed by atoms with E-state index in [9.17, 15) is 9.90 Å². The molecule has 4 heteroatoms. The molecular weight excluding hydrogens is 240 g/mol. The molecule has 0 rings (SSSR count). The first-order valence-corrected chi connectivity index (χ1v) is 7.09. The number of rotatable bonds is 6. The van der Waals surface area contributed by atoms with E-state index in [1.807, 2.05) is 0 Å². The summed E-state index contributed by atoms with van der Waals surface area (Å²) in [6.07, 6.45) is 1.30. The van der Waals surface area contributed by atoms with Gasteiger partial charge in [0.15, 0.2) is 0 Å². The Kier molecular flexibility index (Phi) is 7.01. The molecule has 0 radical (unpaired) electrons. The zero-order valence-electron chi connectivity index (χ0n) is 13.4. The molecular formula is C15H32N2O2. The highest BCUT2D eigenvalue weighted by Gasteiger charge is 2.20. The third-order valence-electron chi connectivity index (χ3n) is 2.70. The standard InChI is InChI=1S/C15H32N2O2/c1-14(2,3)8-11(16)7-13(19)17-10-12(18)9-15(4,5)6/h11-12,18H,7-10,16H2,1-6H3,(H,17,19). The predicted molar refractivity (Wildman–Crippen MR) is 79.8 cm³/mol. The zero-order chi connectivity index (χ0) is 15.3. The molecule has 0 aliphatic carbocycles. The molecule has 0 saturated carbocycles. The van der Waals surface area contributed by atoms with Crippen molar-refractivity contribution in [3.63, 3.8) is 0 Å². The van der Waals surface area contributed by atoms with Crippen LogP contribution in [0.3, 0.4) is 0 Å². The van der Waals surface area contributed by atoms with Gasteiger partial charge in [0.1, 0.15) is 0 Å². The fourth-order valence-corrected chi connectivity index (χ4v) is 2.18. The highest BCUT2D eigenvalue weighted by molar-refractivity contribution is 5.76. The van der Waals surface area contributed by atoms with Crippen LogP contribution in [0.15, 0.2) is 0 Å². The third kappa shape index (κ3) is 12.2. The maximum absolute atomic E-state index is 11.7. The number of aliphatic hydroxyl groups is 1. The van der Waals surface area contributed by atoms with E-state index in [2.05, 4.69) is 46.9 Å². The Morgan fingerprint density at radius 3 is 2.00 bits per heavy atom. The second-order valence-corrected chi connectivity index (χ2v) is 7.95. The highest BCUT2D eigenvalue weighted by atomic mass is 16.3. The van der Waals surface area contributed by atoms with Crippen LogP contribution >= 0.6 is 0 Å². The van der Waals surface area contributed by atoms with Gasteiger partial charge in [-0.1, -0.05) is 41.5 Å². The molecule has 0 bridgehead atoms. The Labute approximate surface area is 118 Å². The number of hydrogen-bond acceptors (Lipinski definition) is 3. The fourth-order valence-electron chi connectivity index (χ4n) is 2.18. The van der Waals surface area contributed by atoms with E-state index in [1.54, 1.807) is 0 Å². The highest BCUT2D eigenvalue weighted by Crippen LogP contribution is 2.21. The van der Waals surface area contributed by atoms with Crippen molar-refractivity contribution in [2.75, 3.05) is 6.54 Å². The van der Waals surface area contributed by atoms with Crippen molar-refractivity contribution in [2.45, 2.75) is 73.0 Å². The summed E-state index contributed by atoms with van der Waals surface area (Å²) in [6, 6.07) is -0.125. The van der Waals surface area contributed by atoms with E-state index in [4.69, 9.17) is 5.73 Å². The number of nitrogens with two attached hydrogens (primary N) is 1. The van der Waals surface area contributed by atoms with E-state index in [1.165, 1.54) is 0 Å². The Hall–Kier alpha value is -0.610. The second kappa shape index (κ2) is 7.25. The van der Waals surface area contributed by atoms with Gasteiger partial charge in [-0.2, -0.15) is 0 Å². The lowest BCUT2D eigenvalue weighted by molar-refractivity contribution is -0.122. The van der Waals surface area contributed by atoms with Gasteiger partial charge in [0, 0.05) is 19.0 Å². The molecule has 0 aromatic carbocycles. The minimum atomic E-state index is -0.497. The normalized spacial score (nSPS) is 16.0. The molecule has 0 aromatic rings. The molecule has 0 aliphatic heterocycles. The number of amides is 1. The fraction of sp³-hybridized carbons (Fsp3) is 0.933. The first-order chi connectivity index (χ1) is 8.39. The Bertz CT molecular complexity index is 277. The van der Waals surface area contributed by atoms with Crippen LogP contribution in [0.2, 0.25) is 0 Å². The number of aliphatic hydroxyl groups excluding tert-OH is 1. The molecule has 19 heavy (non-hydrogen) atoms. The van der Waals surface area contributed by atoms with Crippen molar-refractivity contribution >= 4 is 5.91 Å². The SMILES string of the molecule is CC(C)(C)CC(N)CC(=O)NCC(O)CC(C)(C)C. The van der Waals surface area contributed by atoms with Crippen LogP contribution in [0.25, 0.3) is 0 Å². The van der Waals surface area contributed by atoms with E-state index in [0.717, 1.165) is 6.42 Å². The third-order valence-corrected chi connectivity index (χ3v) is 2.70. The summed E-state index contributed by atoms with van der Waals surface area (Å²) in [6.45, 7) is 12.8. The number of hydrogen-bond donors (Lipinski definition) is 3. The first kappa shape index (κ1) is 18.4. The summed E-state index contributed by atoms with van der Waals surface area (Å²) < 4.78 is 0. The molecule has 4 N–H and O–H groups in total. The molecule has 0 fully saturated rings. The lowest BCUT2D eigenvalue weighted by atomic mass is 9.87. The van der Waals surface area contributed by atoms with E-state index < -0.39 is 6.10 Å². The topological polar surface area (TPSA) is 75.4 Å². The number of carbonyl (C=O) groups excluding carboxylic acids is 1. The van der Waals surface area contributed by atoms with Gasteiger partial charge < -0.3 is 16.2 Å². The van der Waals surface area contributed by atoms with Crippen LogP contribution in [0, 0.1) is 10.8 Å². The lowest BCUT2D eigenvalue weighted by Crippen LogP contribution is -2.38. The molecule has 0 spiro atoms. The first-order valence-electron chi connectivity index (χ1n) is 7.09. The van der Waals surface area contributed by atoms with Crippen LogP contribution in [-0.2, 0) is 4.79 Å². The molecule has 2 atom stereocenters. The number of nitrogens with one attached hydrogen (secondary N) is 1. The minimum absolute atomic E-state index is 0.0623. The molecule has 0 aromatic heterocycles. The molecule has 2 unspecified atom stereocenters.